The van der Waals surface area contributed by atoms with Crippen LogP contribution in [-0.2, 0) is 28.5 Å². The molecule has 0 N–H and O–H groups in total. The van der Waals surface area contributed by atoms with Gasteiger partial charge in [0.15, 0.2) is 0 Å². The molecule has 1 atom stereocenters. The van der Waals surface area contributed by atoms with Crippen LogP contribution in [0, 0.1) is 5.92 Å². The van der Waals surface area contributed by atoms with Gasteiger partial charge in [0.05, 0.1) is 45.6 Å². The third kappa shape index (κ3) is 11.5. The highest BCUT2D eigenvalue weighted by atomic mass is 16.6. The third-order valence-corrected chi connectivity index (χ3v) is 4.01. The van der Waals surface area contributed by atoms with E-state index < -0.39 is 0 Å². The molecule has 0 bridgehead atoms. The van der Waals surface area contributed by atoms with Gasteiger partial charge in [-0.05, 0) is 33.2 Å². The van der Waals surface area contributed by atoms with E-state index in [1.54, 1.807) is 0 Å². The Labute approximate surface area is 151 Å². The maximum absolute atomic E-state index is 12.2. The summed E-state index contributed by atoms with van der Waals surface area (Å²) in [4.78, 5) is 14.4. The molecule has 1 saturated heterocycles. The van der Waals surface area contributed by atoms with Crippen LogP contribution in [0.2, 0.25) is 0 Å². The van der Waals surface area contributed by atoms with Crippen LogP contribution in [-0.4, -0.2) is 90.0 Å². The summed E-state index contributed by atoms with van der Waals surface area (Å²) in [6.45, 7) is 11.7. The van der Waals surface area contributed by atoms with Gasteiger partial charge in [-0.25, -0.2) is 0 Å². The van der Waals surface area contributed by atoms with Gasteiger partial charge in [0, 0.05) is 26.3 Å². The molecule has 1 aliphatic rings. The minimum absolute atomic E-state index is 0.0411. The lowest BCUT2D eigenvalue weighted by Gasteiger charge is -2.31. The van der Waals surface area contributed by atoms with Crippen molar-refractivity contribution < 1.29 is 28.5 Å². The highest BCUT2D eigenvalue weighted by molar-refractivity contribution is 5.72. The summed E-state index contributed by atoms with van der Waals surface area (Å²) in [7, 11) is 0. The van der Waals surface area contributed by atoms with Gasteiger partial charge in [0.2, 0.25) is 0 Å². The summed E-state index contributed by atoms with van der Waals surface area (Å²) in [5.41, 5.74) is 0. The molecule has 0 spiro atoms. The molecule has 0 saturated carbocycles. The summed E-state index contributed by atoms with van der Waals surface area (Å²) in [5, 5.41) is 0. The van der Waals surface area contributed by atoms with Gasteiger partial charge in [0.25, 0.3) is 0 Å². The second-order valence-corrected chi connectivity index (χ2v) is 5.93. The molecule has 148 valence electrons. The second-order valence-electron chi connectivity index (χ2n) is 5.93. The van der Waals surface area contributed by atoms with Gasteiger partial charge < -0.3 is 28.6 Å². The van der Waals surface area contributed by atoms with Gasteiger partial charge in [0.1, 0.15) is 6.61 Å². The van der Waals surface area contributed by atoms with Crippen LogP contribution in [0.25, 0.3) is 0 Å². The van der Waals surface area contributed by atoms with Gasteiger partial charge in [-0.3, -0.25) is 4.79 Å². The molecule has 0 aromatic carbocycles. The second kappa shape index (κ2) is 15.5. The van der Waals surface area contributed by atoms with Crippen molar-refractivity contribution in [3.8, 4) is 0 Å². The van der Waals surface area contributed by atoms with Gasteiger partial charge >= 0.3 is 5.97 Å². The minimum atomic E-state index is -0.115. The number of nitrogens with zero attached hydrogens (tertiary/aromatic N) is 1. The number of likely N-dealkylation sites (tertiary alicyclic amines) is 1. The fraction of sp³-hybridized carbons (Fsp3) is 0.944. The van der Waals surface area contributed by atoms with Gasteiger partial charge in [-0.2, -0.15) is 0 Å². The lowest BCUT2D eigenvalue weighted by molar-refractivity contribution is -0.152. The molecular weight excluding hydrogens is 326 g/mol. The average molecular weight is 361 g/mol. The van der Waals surface area contributed by atoms with Crippen LogP contribution < -0.4 is 0 Å². The molecule has 25 heavy (non-hydrogen) atoms. The molecule has 0 aromatic rings. The maximum atomic E-state index is 12.2. The molecule has 0 aromatic heterocycles. The first kappa shape index (κ1) is 22.3. The average Bonchev–Trinajstić information content (AvgIpc) is 2.64. The predicted octanol–water partition coefficient (Wildman–Crippen LogP) is 1.35. The first-order valence-electron chi connectivity index (χ1n) is 9.47. The third-order valence-electron chi connectivity index (χ3n) is 4.01. The summed E-state index contributed by atoms with van der Waals surface area (Å²) >= 11 is 0. The van der Waals surface area contributed by atoms with Crippen molar-refractivity contribution in [3.63, 3.8) is 0 Å². The standard InChI is InChI=1S/C18H35NO6/c1-3-21-10-12-23-9-8-19-7-5-6-17(16-19)18(20)25-15-14-24-13-11-22-4-2/h17H,3-16H2,1-2H3. The molecule has 1 fully saturated rings. The highest BCUT2D eigenvalue weighted by Gasteiger charge is 2.26. The van der Waals surface area contributed by atoms with Crippen molar-refractivity contribution in [2.24, 2.45) is 5.92 Å². The minimum Gasteiger partial charge on any atom is -0.463 e. The Hall–Kier alpha value is -0.730. The van der Waals surface area contributed by atoms with Crippen LogP contribution in [0.4, 0.5) is 0 Å². The largest absolute Gasteiger partial charge is 0.463 e. The van der Waals surface area contributed by atoms with E-state index in [0.717, 1.165) is 39.1 Å². The number of rotatable bonds is 15. The van der Waals surface area contributed by atoms with Crippen LogP contribution in [0.1, 0.15) is 26.7 Å². The van der Waals surface area contributed by atoms with Crippen LogP contribution in [0.15, 0.2) is 0 Å². The molecule has 0 radical (unpaired) electrons. The normalized spacial score (nSPS) is 18.4. The van der Waals surface area contributed by atoms with E-state index in [9.17, 15) is 4.79 Å². The fourth-order valence-corrected chi connectivity index (χ4v) is 2.69. The maximum Gasteiger partial charge on any atom is 0.310 e. The van der Waals surface area contributed by atoms with E-state index in [-0.39, 0.29) is 11.9 Å². The number of hydrogen-bond donors (Lipinski definition) is 0. The molecular formula is C18H35NO6. The zero-order valence-electron chi connectivity index (χ0n) is 15.9. The molecule has 7 nitrogen and oxygen atoms in total. The Balaban J connectivity index is 2.05. The van der Waals surface area contributed by atoms with Crippen molar-refractivity contribution in [2.75, 3.05) is 79.1 Å². The summed E-state index contributed by atoms with van der Waals surface area (Å²) < 4.78 is 26.6. The van der Waals surface area contributed by atoms with Crippen molar-refractivity contribution in [3.05, 3.63) is 0 Å². The fourth-order valence-electron chi connectivity index (χ4n) is 2.69. The van der Waals surface area contributed by atoms with E-state index >= 15 is 0 Å². The Kier molecular flexibility index (Phi) is 13.8. The van der Waals surface area contributed by atoms with Crippen molar-refractivity contribution >= 4 is 5.97 Å². The number of esters is 1. The van der Waals surface area contributed by atoms with E-state index in [1.165, 1.54) is 0 Å². The Morgan fingerprint density at radius 2 is 1.48 bits per heavy atom. The zero-order valence-corrected chi connectivity index (χ0v) is 15.9. The quantitative estimate of drug-likeness (QED) is 0.322. The lowest BCUT2D eigenvalue weighted by Crippen LogP contribution is -2.41. The van der Waals surface area contributed by atoms with Gasteiger partial charge in [-0.15, -0.1) is 0 Å². The van der Waals surface area contributed by atoms with E-state index in [0.29, 0.717) is 52.9 Å². The van der Waals surface area contributed by atoms with Crippen LogP contribution in [0.3, 0.4) is 0 Å². The molecule has 7 heteroatoms. The molecule has 1 heterocycles. The Bertz CT molecular complexity index is 329. The first-order valence-corrected chi connectivity index (χ1v) is 9.47. The van der Waals surface area contributed by atoms with E-state index in [4.69, 9.17) is 23.7 Å². The topological polar surface area (TPSA) is 66.5 Å². The lowest BCUT2D eigenvalue weighted by atomic mass is 9.98. The SMILES string of the molecule is CCOCCOCCOC(=O)C1CCCN(CCOCCOCC)C1. The summed E-state index contributed by atoms with van der Waals surface area (Å²) in [5.74, 6) is -0.157. The molecule has 1 unspecified atom stereocenters. The Morgan fingerprint density at radius 3 is 2.16 bits per heavy atom. The number of hydrogen-bond acceptors (Lipinski definition) is 7. The highest BCUT2D eigenvalue weighted by Crippen LogP contribution is 2.17. The van der Waals surface area contributed by atoms with Crippen LogP contribution in [0.5, 0.6) is 0 Å². The molecule has 0 aliphatic carbocycles. The van der Waals surface area contributed by atoms with Crippen molar-refractivity contribution in [2.45, 2.75) is 26.7 Å². The monoisotopic (exact) mass is 361 g/mol. The van der Waals surface area contributed by atoms with E-state index in [1.807, 2.05) is 13.8 Å². The first-order chi connectivity index (χ1) is 12.3. The summed E-state index contributed by atoms with van der Waals surface area (Å²) in [6, 6.07) is 0. The number of carbonyl (C=O) groups excluding carboxylic acids is 1. The van der Waals surface area contributed by atoms with Crippen LogP contribution >= 0.6 is 0 Å². The summed E-state index contributed by atoms with van der Waals surface area (Å²) in [6.07, 6.45) is 1.91. The smallest absolute Gasteiger partial charge is 0.310 e. The number of carbonyl (C=O) groups is 1. The molecule has 1 rings (SSSR count). The number of ether oxygens (including phenoxy) is 5. The van der Waals surface area contributed by atoms with Crippen molar-refractivity contribution in [1.29, 1.82) is 0 Å². The zero-order chi connectivity index (χ0) is 18.2. The Morgan fingerprint density at radius 1 is 0.880 bits per heavy atom. The molecule has 0 amide bonds. The molecule has 1 aliphatic heterocycles. The van der Waals surface area contributed by atoms with Crippen molar-refractivity contribution in [1.82, 2.24) is 4.90 Å². The number of piperidine rings is 1. The predicted molar refractivity (Wildman–Crippen MR) is 94.7 cm³/mol. The van der Waals surface area contributed by atoms with E-state index in [2.05, 4.69) is 4.90 Å². The van der Waals surface area contributed by atoms with Gasteiger partial charge in [-0.1, -0.05) is 0 Å².